The van der Waals surface area contributed by atoms with E-state index in [0.29, 0.717) is 23.4 Å². The average molecular weight is 337 g/mol. The largest absolute Gasteiger partial charge is 0.494 e. The standard InChI is InChI=1S/C14H15N3O3S2/c1-2-20-9-3-4-10-11(5-9)22-14(15-10)16-12(18)6-17-8-21-7-13(17)19/h3-5H,2,6-8H2,1H3,(H,15,16,18). The summed E-state index contributed by atoms with van der Waals surface area (Å²) in [5.74, 6) is 1.60. The molecule has 1 aromatic heterocycles. The van der Waals surface area contributed by atoms with Gasteiger partial charge in [-0.1, -0.05) is 11.3 Å². The smallest absolute Gasteiger partial charge is 0.245 e. The summed E-state index contributed by atoms with van der Waals surface area (Å²) in [5, 5.41) is 3.29. The third-order valence-corrected chi connectivity index (χ3v) is 4.96. The fraction of sp³-hybridized carbons (Fsp3) is 0.357. The molecule has 1 aromatic carbocycles. The van der Waals surface area contributed by atoms with Gasteiger partial charge in [-0.15, -0.1) is 11.8 Å². The van der Waals surface area contributed by atoms with Gasteiger partial charge < -0.3 is 15.0 Å². The molecule has 3 rings (SSSR count). The first kappa shape index (κ1) is 15.1. The second-order valence-corrected chi connectivity index (χ2v) is 6.68. The molecule has 1 fully saturated rings. The number of benzene rings is 1. The van der Waals surface area contributed by atoms with Crippen LogP contribution in [0.3, 0.4) is 0 Å². The van der Waals surface area contributed by atoms with Crippen molar-refractivity contribution in [1.29, 1.82) is 0 Å². The number of thioether (sulfide) groups is 1. The summed E-state index contributed by atoms with van der Waals surface area (Å²) in [7, 11) is 0. The Morgan fingerprint density at radius 3 is 3.09 bits per heavy atom. The van der Waals surface area contributed by atoms with Crippen molar-refractivity contribution in [3.8, 4) is 5.75 Å². The topological polar surface area (TPSA) is 71.5 Å². The summed E-state index contributed by atoms with van der Waals surface area (Å²) in [5.41, 5.74) is 0.816. The first-order chi connectivity index (χ1) is 10.7. The van der Waals surface area contributed by atoms with Crippen LogP contribution in [-0.4, -0.2) is 46.5 Å². The molecule has 0 radical (unpaired) electrons. The molecule has 1 aliphatic heterocycles. The number of amides is 2. The quantitative estimate of drug-likeness (QED) is 0.905. The highest BCUT2D eigenvalue weighted by Gasteiger charge is 2.23. The lowest BCUT2D eigenvalue weighted by Gasteiger charge is -2.12. The molecule has 0 saturated carbocycles. The fourth-order valence-corrected chi connectivity index (χ4v) is 3.90. The summed E-state index contributed by atoms with van der Waals surface area (Å²) >= 11 is 2.91. The lowest BCUT2D eigenvalue weighted by molar-refractivity contribution is -0.130. The molecule has 1 N–H and O–H groups in total. The van der Waals surface area contributed by atoms with Crippen molar-refractivity contribution >= 4 is 50.3 Å². The van der Waals surface area contributed by atoms with Crippen LogP contribution in [0.15, 0.2) is 18.2 Å². The number of thiazole rings is 1. The van der Waals surface area contributed by atoms with Crippen LogP contribution in [0, 0.1) is 0 Å². The molecule has 0 unspecified atom stereocenters. The highest BCUT2D eigenvalue weighted by molar-refractivity contribution is 8.00. The first-order valence-electron chi connectivity index (χ1n) is 6.84. The molecule has 2 amide bonds. The van der Waals surface area contributed by atoms with Gasteiger partial charge in [0.15, 0.2) is 5.13 Å². The van der Waals surface area contributed by atoms with Crippen molar-refractivity contribution in [2.24, 2.45) is 0 Å². The predicted molar refractivity (Wildman–Crippen MR) is 88.5 cm³/mol. The number of nitrogens with one attached hydrogen (secondary N) is 1. The van der Waals surface area contributed by atoms with Gasteiger partial charge in [0.2, 0.25) is 11.8 Å². The molecule has 6 nitrogen and oxygen atoms in total. The summed E-state index contributed by atoms with van der Waals surface area (Å²) in [4.78, 5) is 29.4. The Balaban J connectivity index is 1.68. The average Bonchev–Trinajstić information content (AvgIpc) is 3.05. The van der Waals surface area contributed by atoms with Gasteiger partial charge in [-0.2, -0.15) is 0 Å². The van der Waals surface area contributed by atoms with Gasteiger partial charge in [0.1, 0.15) is 12.3 Å². The minimum absolute atomic E-state index is 0.00538. The highest BCUT2D eigenvalue weighted by Crippen LogP contribution is 2.29. The van der Waals surface area contributed by atoms with E-state index in [-0.39, 0.29) is 18.4 Å². The second kappa shape index (κ2) is 6.53. The summed E-state index contributed by atoms with van der Waals surface area (Å²) < 4.78 is 6.40. The Labute approximate surface area is 135 Å². The molecule has 0 aliphatic carbocycles. The van der Waals surface area contributed by atoms with Gasteiger partial charge in [-0.05, 0) is 25.1 Å². The van der Waals surface area contributed by atoms with Gasteiger partial charge in [-0.25, -0.2) is 4.98 Å². The Morgan fingerprint density at radius 2 is 2.36 bits per heavy atom. The number of ether oxygens (including phenoxy) is 1. The molecule has 0 spiro atoms. The molecular weight excluding hydrogens is 322 g/mol. The van der Waals surface area contributed by atoms with Crippen molar-refractivity contribution in [2.45, 2.75) is 6.92 Å². The van der Waals surface area contributed by atoms with E-state index in [1.54, 1.807) is 4.90 Å². The Hall–Kier alpha value is -1.80. The van der Waals surface area contributed by atoms with E-state index in [1.165, 1.54) is 23.1 Å². The van der Waals surface area contributed by atoms with Crippen molar-refractivity contribution in [1.82, 2.24) is 9.88 Å². The second-order valence-electron chi connectivity index (χ2n) is 4.70. The van der Waals surface area contributed by atoms with Gasteiger partial charge in [0, 0.05) is 0 Å². The monoisotopic (exact) mass is 337 g/mol. The van der Waals surface area contributed by atoms with Gasteiger partial charge >= 0.3 is 0 Å². The number of fused-ring (bicyclic) bond motifs is 1. The molecule has 0 atom stereocenters. The normalized spacial score (nSPS) is 14.6. The van der Waals surface area contributed by atoms with Crippen LogP contribution in [0.2, 0.25) is 0 Å². The molecular formula is C14H15N3O3S2. The first-order valence-corrected chi connectivity index (χ1v) is 8.81. The van der Waals surface area contributed by atoms with Crippen LogP contribution >= 0.6 is 23.1 Å². The van der Waals surface area contributed by atoms with Gasteiger partial charge in [0.25, 0.3) is 0 Å². The van der Waals surface area contributed by atoms with Crippen molar-refractivity contribution in [3.63, 3.8) is 0 Å². The van der Waals surface area contributed by atoms with Crippen LogP contribution in [-0.2, 0) is 9.59 Å². The number of carbonyl (C=O) groups excluding carboxylic acids is 2. The van der Waals surface area contributed by atoms with E-state index >= 15 is 0 Å². The molecule has 22 heavy (non-hydrogen) atoms. The summed E-state index contributed by atoms with van der Waals surface area (Å²) in [6.07, 6.45) is 0. The highest BCUT2D eigenvalue weighted by atomic mass is 32.2. The van der Waals surface area contributed by atoms with E-state index < -0.39 is 0 Å². The third-order valence-electron chi connectivity index (χ3n) is 3.08. The molecule has 116 valence electrons. The minimum atomic E-state index is -0.222. The molecule has 8 heteroatoms. The van der Waals surface area contributed by atoms with Gasteiger partial charge in [0.05, 0.1) is 28.5 Å². The lowest BCUT2D eigenvalue weighted by atomic mass is 10.3. The van der Waals surface area contributed by atoms with Crippen molar-refractivity contribution in [3.05, 3.63) is 18.2 Å². The maximum absolute atomic E-state index is 12.0. The fourth-order valence-electron chi connectivity index (χ4n) is 2.09. The van der Waals surface area contributed by atoms with E-state index in [1.807, 2.05) is 25.1 Å². The maximum Gasteiger partial charge on any atom is 0.245 e. The number of hydrogen-bond donors (Lipinski definition) is 1. The number of nitrogens with zero attached hydrogens (tertiary/aromatic N) is 2. The van der Waals surface area contributed by atoms with E-state index in [0.717, 1.165) is 16.0 Å². The van der Waals surface area contributed by atoms with Crippen LogP contribution in [0.25, 0.3) is 10.2 Å². The Kier molecular flexibility index (Phi) is 4.49. The van der Waals surface area contributed by atoms with Crippen molar-refractivity contribution < 1.29 is 14.3 Å². The van der Waals surface area contributed by atoms with E-state index in [2.05, 4.69) is 10.3 Å². The number of hydrogen-bond acceptors (Lipinski definition) is 6. The number of carbonyl (C=O) groups is 2. The van der Waals surface area contributed by atoms with E-state index in [4.69, 9.17) is 4.74 Å². The van der Waals surface area contributed by atoms with Crippen molar-refractivity contribution in [2.75, 3.05) is 30.1 Å². The number of anilines is 1. The minimum Gasteiger partial charge on any atom is -0.494 e. The predicted octanol–water partition coefficient (Wildman–Crippen LogP) is 2.17. The molecule has 2 aromatic rings. The zero-order valence-corrected chi connectivity index (χ0v) is 13.6. The van der Waals surface area contributed by atoms with Crippen LogP contribution in [0.1, 0.15) is 6.92 Å². The third kappa shape index (κ3) is 3.33. The molecule has 1 saturated heterocycles. The Morgan fingerprint density at radius 1 is 1.50 bits per heavy atom. The van der Waals surface area contributed by atoms with Crippen LogP contribution in [0.4, 0.5) is 5.13 Å². The van der Waals surface area contributed by atoms with Crippen LogP contribution in [0.5, 0.6) is 5.75 Å². The zero-order chi connectivity index (χ0) is 15.5. The SMILES string of the molecule is CCOc1ccc2nc(NC(=O)CN3CSCC3=O)sc2c1. The Bertz CT molecular complexity index is 716. The summed E-state index contributed by atoms with van der Waals surface area (Å²) in [6.45, 7) is 2.61. The molecule has 2 heterocycles. The van der Waals surface area contributed by atoms with E-state index in [9.17, 15) is 9.59 Å². The number of aromatic nitrogens is 1. The molecule has 0 bridgehead atoms. The lowest BCUT2D eigenvalue weighted by Crippen LogP contribution is -2.34. The van der Waals surface area contributed by atoms with Crippen LogP contribution < -0.4 is 10.1 Å². The summed E-state index contributed by atoms with van der Waals surface area (Å²) in [6, 6.07) is 5.64. The maximum atomic E-state index is 12.0. The van der Waals surface area contributed by atoms with Gasteiger partial charge in [-0.3, -0.25) is 9.59 Å². The zero-order valence-electron chi connectivity index (χ0n) is 12.0. The number of rotatable bonds is 5. The molecule has 1 aliphatic rings.